The van der Waals surface area contributed by atoms with Gasteiger partial charge in [-0.3, -0.25) is 4.79 Å². The zero-order chi connectivity index (χ0) is 27.3. The van der Waals surface area contributed by atoms with E-state index in [-0.39, 0.29) is 43.9 Å². The predicted molar refractivity (Wildman–Crippen MR) is 122 cm³/mol. The molecule has 2 N–H and O–H groups in total. The summed E-state index contributed by atoms with van der Waals surface area (Å²) in [5.74, 6) is -5.15. The van der Waals surface area contributed by atoms with Gasteiger partial charge in [0.15, 0.2) is 17.5 Å². The summed E-state index contributed by atoms with van der Waals surface area (Å²) in [6, 6.07) is 0.184. The van der Waals surface area contributed by atoms with Crippen LogP contribution in [0.25, 0.3) is 0 Å². The minimum absolute atomic E-state index is 0.000783. The lowest BCUT2D eigenvalue weighted by atomic mass is 10.0. The number of hydrogen-bond donors (Lipinski definition) is 1. The van der Waals surface area contributed by atoms with Crippen LogP contribution in [-0.2, 0) is 30.5 Å². The normalized spacial score (nSPS) is 13.2. The van der Waals surface area contributed by atoms with Crippen LogP contribution in [0.3, 0.4) is 0 Å². The molecular weight excluding hydrogens is 476 g/mol. The highest BCUT2D eigenvalue weighted by molar-refractivity contribution is 5.76. The molecule has 0 radical (unpaired) electrons. The van der Waals surface area contributed by atoms with Crippen LogP contribution >= 0.6 is 0 Å². The van der Waals surface area contributed by atoms with Crippen LogP contribution in [0.15, 0.2) is 12.1 Å². The monoisotopic (exact) mass is 511 g/mol. The maximum atomic E-state index is 13.7. The summed E-state index contributed by atoms with van der Waals surface area (Å²) >= 11 is 0. The van der Waals surface area contributed by atoms with Crippen molar-refractivity contribution in [3.05, 3.63) is 46.8 Å². The Labute approximate surface area is 202 Å². The zero-order valence-electron chi connectivity index (χ0n) is 21.0. The van der Waals surface area contributed by atoms with Gasteiger partial charge in [0.1, 0.15) is 5.82 Å². The minimum atomic E-state index is -4.64. The number of aromatic nitrogens is 3. The molecule has 6 nitrogen and oxygen atoms in total. The summed E-state index contributed by atoms with van der Waals surface area (Å²) in [5, 5.41) is 6.60. The van der Waals surface area contributed by atoms with E-state index in [1.54, 1.807) is 0 Å². The van der Waals surface area contributed by atoms with E-state index in [9.17, 15) is 31.1 Å². The van der Waals surface area contributed by atoms with Crippen LogP contribution in [0, 0.1) is 17.5 Å². The third-order valence-corrected chi connectivity index (χ3v) is 4.37. The number of carbonyl (C=O) groups excluding carboxylic acids is 1. The second-order valence-electron chi connectivity index (χ2n) is 7.14. The molecule has 1 amide bonds. The SMILES string of the molecule is CC.CC.CCC.NC(CC(=O)N1CCn2c(nnc2C(F)(F)F)C1)Cc1cc(F)c(F)cc1F. The Bertz CT molecular complexity index is 917. The molecule has 0 aliphatic carbocycles. The zero-order valence-corrected chi connectivity index (χ0v) is 21.0. The largest absolute Gasteiger partial charge is 0.451 e. The van der Waals surface area contributed by atoms with Gasteiger partial charge in [-0.15, -0.1) is 10.2 Å². The fourth-order valence-corrected chi connectivity index (χ4v) is 3.01. The molecule has 200 valence electrons. The fourth-order valence-electron chi connectivity index (χ4n) is 3.01. The van der Waals surface area contributed by atoms with Gasteiger partial charge < -0.3 is 15.2 Å². The summed E-state index contributed by atoms with van der Waals surface area (Å²) < 4.78 is 79.3. The summed E-state index contributed by atoms with van der Waals surface area (Å²) in [5.41, 5.74) is 5.64. The van der Waals surface area contributed by atoms with Crippen LogP contribution in [0.5, 0.6) is 0 Å². The number of fused-ring (bicyclic) bond motifs is 1. The number of benzene rings is 1. The quantitative estimate of drug-likeness (QED) is 0.435. The Morgan fingerprint density at radius 2 is 1.54 bits per heavy atom. The van der Waals surface area contributed by atoms with E-state index in [0.717, 1.165) is 4.57 Å². The van der Waals surface area contributed by atoms with Gasteiger partial charge in [0.25, 0.3) is 0 Å². The van der Waals surface area contributed by atoms with Crippen molar-refractivity contribution >= 4 is 5.91 Å². The third kappa shape index (κ3) is 9.50. The molecule has 1 aromatic carbocycles. The van der Waals surface area contributed by atoms with Crippen molar-refractivity contribution in [3.8, 4) is 0 Å². The predicted octanol–water partition coefficient (Wildman–Crippen LogP) is 5.49. The molecule has 1 atom stereocenters. The van der Waals surface area contributed by atoms with Gasteiger partial charge in [0, 0.05) is 31.6 Å². The number of amides is 1. The Balaban J connectivity index is 0.00000150. The number of rotatable bonds is 4. The lowest BCUT2D eigenvalue weighted by molar-refractivity contribution is -0.148. The van der Waals surface area contributed by atoms with E-state index in [1.807, 2.05) is 27.7 Å². The van der Waals surface area contributed by atoms with Crippen molar-refractivity contribution in [1.82, 2.24) is 19.7 Å². The van der Waals surface area contributed by atoms with Crippen LogP contribution in [-0.4, -0.2) is 38.2 Å². The van der Waals surface area contributed by atoms with Crippen molar-refractivity contribution in [3.63, 3.8) is 0 Å². The van der Waals surface area contributed by atoms with Gasteiger partial charge in [0.2, 0.25) is 11.7 Å². The molecule has 0 saturated heterocycles. The van der Waals surface area contributed by atoms with Crippen molar-refractivity contribution in [1.29, 1.82) is 0 Å². The van der Waals surface area contributed by atoms with Crippen LogP contribution in [0.2, 0.25) is 0 Å². The number of nitrogens with zero attached hydrogens (tertiary/aromatic N) is 4. The first kappa shape index (κ1) is 32.4. The second kappa shape index (κ2) is 15.4. The van der Waals surface area contributed by atoms with Crippen molar-refractivity contribution in [2.24, 2.45) is 5.73 Å². The molecule has 0 fully saturated rings. The molecule has 1 aromatic heterocycles. The molecule has 2 aromatic rings. The molecule has 35 heavy (non-hydrogen) atoms. The lowest BCUT2D eigenvalue weighted by Gasteiger charge is -2.29. The van der Waals surface area contributed by atoms with E-state index < -0.39 is 41.4 Å². The van der Waals surface area contributed by atoms with Gasteiger partial charge in [-0.2, -0.15) is 13.2 Å². The average Bonchev–Trinajstić information content (AvgIpc) is 3.24. The number of nitrogens with two attached hydrogens (primary N) is 1. The fraction of sp³-hybridized carbons (Fsp3) is 0.609. The maximum absolute atomic E-state index is 13.7. The minimum Gasteiger partial charge on any atom is -0.333 e. The van der Waals surface area contributed by atoms with Gasteiger partial charge in [-0.25, -0.2) is 13.2 Å². The number of hydrogen-bond acceptors (Lipinski definition) is 4. The van der Waals surface area contributed by atoms with E-state index in [0.29, 0.717) is 12.1 Å². The van der Waals surface area contributed by atoms with E-state index in [4.69, 9.17) is 5.73 Å². The molecule has 1 aliphatic heterocycles. The van der Waals surface area contributed by atoms with Gasteiger partial charge in [-0.05, 0) is 18.1 Å². The second-order valence-corrected chi connectivity index (χ2v) is 7.14. The first-order chi connectivity index (χ1) is 16.5. The first-order valence-corrected chi connectivity index (χ1v) is 11.6. The molecule has 12 heteroatoms. The molecule has 3 rings (SSSR count). The number of carbonyl (C=O) groups is 1. The highest BCUT2D eigenvalue weighted by Gasteiger charge is 2.40. The van der Waals surface area contributed by atoms with Crippen LogP contribution in [0.4, 0.5) is 26.3 Å². The van der Waals surface area contributed by atoms with Crippen molar-refractivity contribution < 1.29 is 31.1 Å². The Hall–Kier alpha value is -2.63. The van der Waals surface area contributed by atoms with E-state index >= 15 is 0 Å². The molecule has 1 unspecified atom stereocenters. The van der Waals surface area contributed by atoms with Crippen molar-refractivity contribution in [2.45, 2.75) is 86.1 Å². The molecule has 2 heterocycles. The number of alkyl halides is 3. The molecule has 1 aliphatic rings. The summed E-state index contributed by atoms with van der Waals surface area (Å²) in [6.07, 6.45) is -3.86. The van der Waals surface area contributed by atoms with Crippen molar-refractivity contribution in [2.75, 3.05) is 6.54 Å². The summed E-state index contributed by atoms with van der Waals surface area (Å²) in [4.78, 5) is 13.6. The number of halogens is 6. The highest BCUT2D eigenvalue weighted by Crippen LogP contribution is 2.29. The molecule has 0 bridgehead atoms. The van der Waals surface area contributed by atoms with Gasteiger partial charge in [-0.1, -0.05) is 48.0 Å². The molecule has 0 saturated carbocycles. The van der Waals surface area contributed by atoms with E-state index in [1.165, 1.54) is 11.3 Å². The Morgan fingerprint density at radius 3 is 2.09 bits per heavy atom. The van der Waals surface area contributed by atoms with Gasteiger partial charge in [0.05, 0.1) is 6.54 Å². The average molecular weight is 512 g/mol. The lowest BCUT2D eigenvalue weighted by Crippen LogP contribution is -2.42. The highest BCUT2D eigenvalue weighted by atomic mass is 19.4. The Kier molecular flexibility index (Phi) is 14.2. The van der Waals surface area contributed by atoms with E-state index in [2.05, 4.69) is 24.0 Å². The molecule has 0 spiro atoms. The smallest absolute Gasteiger partial charge is 0.333 e. The third-order valence-electron chi connectivity index (χ3n) is 4.37. The first-order valence-electron chi connectivity index (χ1n) is 11.6. The topological polar surface area (TPSA) is 77.0 Å². The van der Waals surface area contributed by atoms with Gasteiger partial charge >= 0.3 is 6.18 Å². The molecular formula is C23H35F6N5O. The van der Waals surface area contributed by atoms with Crippen LogP contribution < -0.4 is 5.73 Å². The van der Waals surface area contributed by atoms with Crippen LogP contribution in [0.1, 0.15) is 71.6 Å². The standard InChI is InChI=1S/C16H15F6N5O.C3H8.2C2H6/c17-10-6-12(19)11(18)4-8(10)3-9(23)5-14(28)26-1-2-27-13(7-26)24-25-15(27)16(20,21)22;1-3-2;2*1-2/h4,6,9H,1-3,5,7,23H2;3H2,1-2H3;2*1-2H3. The Morgan fingerprint density at radius 1 is 1.00 bits per heavy atom. The summed E-state index contributed by atoms with van der Waals surface area (Å²) in [7, 11) is 0. The maximum Gasteiger partial charge on any atom is 0.451 e. The summed E-state index contributed by atoms with van der Waals surface area (Å²) in [6.45, 7) is 11.9.